The highest BCUT2D eigenvalue weighted by atomic mass is 127. The lowest BCUT2D eigenvalue weighted by atomic mass is 9.67. The van der Waals surface area contributed by atoms with Crippen LogP contribution in [-0.4, -0.2) is 48.8 Å². The van der Waals surface area contributed by atoms with Crippen LogP contribution in [0, 0.1) is 5.41 Å². The Balaban J connectivity index is 0.00000280. The fraction of sp³-hybridized carbons (Fsp3) is 0.682. The maximum Gasteiger partial charge on any atom is 0.191 e. The van der Waals surface area contributed by atoms with E-state index in [1.54, 1.807) is 0 Å². The summed E-state index contributed by atoms with van der Waals surface area (Å²) in [6.07, 6.45) is 6.98. The molecule has 0 amide bonds. The second-order valence-corrected chi connectivity index (χ2v) is 8.31. The summed E-state index contributed by atoms with van der Waals surface area (Å²) in [6, 6.07) is 8.85. The first-order valence-electron chi connectivity index (χ1n) is 10.6. The molecule has 0 bridgehead atoms. The van der Waals surface area contributed by atoms with Crippen LogP contribution in [0.3, 0.4) is 0 Å². The number of guanidine groups is 1. The molecule has 0 unspecified atom stereocenters. The molecule has 1 aliphatic heterocycles. The predicted octanol–water partition coefficient (Wildman–Crippen LogP) is 3.51. The fourth-order valence-corrected chi connectivity index (χ4v) is 4.11. The number of halogens is 1. The molecule has 3 rings (SSSR count). The first-order valence-corrected chi connectivity index (χ1v) is 10.6. The number of rotatable bonds is 7. The number of piperidine rings is 1. The van der Waals surface area contributed by atoms with Crippen molar-refractivity contribution in [3.8, 4) is 0 Å². The lowest BCUT2D eigenvalue weighted by Crippen LogP contribution is -2.46. The molecule has 0 radical (unpaired) electrons. The highest BCUT2D eigenvalue weighted by molar-refractivity contribution is 14.0. The molecule has 2 fully saturated rings. The smallest absolute Gasteiger partial charge is 0.191 e. The molecule has 158 valence electrons. The monoisotopic (exact) mass is 500 g/mol. The third-order valence-corrected chi connectivity index (χ3v) is 6.46. The van der Waals surface area contributed by atoms with Gasteiger partial charge in [0.2, 0.25) is 0 Å². The number of aliphatic hydroxyl groups excluding tert-OH is 1. The Labute approximate surface area is 187 Å². The highest BCUT2D eigenvalue weighted by Crippen LogP contribution is 2.42. The van der Waals surface area contributed by atoms with E-state index < -0.39 is 0 Å². The maximum atomic E-state index is 9.62. The average molecular weight is 500 g/mol. The van der Waals surface area contributed by atoms with E-state index in [0.29, 0.717) is 5.41 Å². The Bertz CT molecular complexity index is 602. The van der Waals surface area contributed by atoms with Gasteiger partial charge < -0.3 is 15.7 Å². The van der Waals surface area contributed by atoms with Gasteiger partial charge in [-0.05, 0) is 48.6 Å². The van der Waals surface area contributed by atoms with Crippen molar-refractivity contribution >= 4 is 29.9 Å². The van der Waals surface area contributed by atoms with Crippen molar-refractivity contribution in [1.82, 2.24) is 15.5 Å². The molecule has 6 heteroatoms. The summed E-state index contributed by atoms with van der Waals surface area (Å²) in [5, 5.41) is 16.6. The van der Waals surface area contributed by atoms with Crippen LogP contribution in [0.2, 0.25) is 0 Å². The van der Waals surface area contributed by atoms with Crippen molar-refractivity contribution in [3.05, 3.63) is 35.4 Å². The van der Waals surface area contributed by atoms with Crippen molar-refractivity contribution in [1.29, 1.82) is 0 Å². The summed E-state index contributed by atoms with van der Waals surface area (Å²) >= 11 is 0. The van der Waals surface area contributed by atoms with Gasteiger partial charge in [0.05, 0.1) is 6.10 Å². The third-order valence-electron chi connectivity index (χ3n) is 6.46. The average Bonchev–Trinajstić information content (AvgIpc) is 2.66. The summed E-state index contributed by atoms with van der Waals surface area (Å²) in [5.74, 6) is 0.894. The molecule has 1 aromatic rings. The quantitative estimate of drug-likeness (QED) is 0.305. The van der Waals surface area contributed by atoms with Gasteiger partial charge in [-0.15, -0.1) is 24.0 Å². The minimum Gasteiger partial charge on any atom is -0.393 e. The fourth-order valence-electron chi connectivity index (χ4n) is 4.11. The van der Waals surface area contributed by atoms with E-state index >= 15 is 0 Å². The topological polar surface area (TPSA) is 59.9 Å². The number of benzene rings is 1. The molecule has 0 spiro atoms. The summed E-state index contributed by atoms with van der Waals surface area (Å²) in [6.45, 7) is 7.06. The van der Waals surface area contributed by atoms with Gasteiger partial charge in [0.15, 0.2) is 5.96 Å². The second-order valence-electron chi connectivity index (χ2n) is 8.31. The van der Waals surface area contributed by atoms with Gasteiger partial charge in [0, 0.05) is 39.8 Å². The molecular weight excluding hydrogens is 463 g/mol. The third kappa shape index (κ3) is 6.59. The van der Waals surface area contributed by atoms with Gasteiger partial charge >= 0.3 is 0 Å². The Hall–Kier alpha value is -0.860. The van der Waals surface area contributed by atoms with E-state index in [9.17, 15) is 5.11 Å². The van der Waals surface area contributed by atoms with Gasteiger partial charge in [-0.25, -0.2) is 0 Å². The summed E-state index contributed by atoms with van der Waals surface area (Å²) in [5.41, 5.74) is 3.10. The molecule has 0 atom stereocenters. The SMILES string of the molecule is CCC1(CNC(=NC)NCc2ccc(CN3CCC(O)CC3)cc2)CCC1.I. The van der Waals surface area contributed by atoms with Crippen molar-refractivity contribution in [3.63, 3.8) is 0 Å². The number of hydrogen-bond acceptors (Lipinski definition) is 3. The van der Waals surface area contributed by atoms with Crippen LogP contribution >= 0.6 is 24.0 Å². The summed E-state index contributed by atoms with van der Waals surface area (Å²) < 4.78 is 0. The van der Waals surface area contributed by atoms with Crippen LogP contribution in [-0.2, 0) is 13.1 Å². The predicted molar refractivity (Wildman–Crippen MR) is 127 cm³/mol. The van der Waals surface area contributed by atoms with Crippen LogP contribution < -0.4 is 10.6 Å². The molecule has 28 heavy (non-hydrogen) atoms. The van der Waals surface area contributed by atoms with Crippen LogP contribution in [0.4, 0.5) is 0 Å². The molecule has 3 N–H and O–H groups in total. The standard InChI is InChI=1S/C22H36N4O.HI/c1-3-22(11-4-12-22)17-25-21(23-2)24-15-18-5-7-19(8-6-18)16-26-13-9-20(27)10-14-26;/h5-8,20,27H,3-4,9-17H2,1-2H3,(H2,23,24,25);1H. The van der Waals surface area contributed by atoms with Gasteiger partial charge in [-0.1, -0.05) is 37.6 Å². The molecule has 1 heterocycles. The Morgan fingerprint density at radius 2 is 1.79 bits per heavy atom. The number of hydrogen-bond donors (Lipinski definition) is 3. The molecule has 1 saturated carbocycles. The van der Waals surface area contributed by atoms with E-state index in [1.807, 2.05) is 7.05 Å². The molecule has 5 nitrogen and oxygen atoms in total. The Morgan fingerprint density at radius 1 is 1.14 bits per heavy atom. The van der Waals surface area contributed by atoms with E-state index in [-0.39, 0.29) is 30.1 Å². The normalized spacial score (nSPS) is 20.2. The minimum atomic E-state index is -0.103. The minimum absolute atomic E-state index is 0. The van der Waals surface area contributed by atoms with Gasteiger partial charge in [0.1, 0.15) is 0 Å². The Kier molecular flexibility index (Phi) is 9.50. The molecular formula is C22H37IN4O. The Morgan fingerprint density at radius 3 is 2.32 bits per heavy atom. The second kappa shape index (κ2) is 11.4. The number of aliphatic hydroxyl groups is 1. The maximum absolute atomic E-state index is 9.62. The largest absolute Gasteiger partial charge is 0.393 e. The van der Waals surface area contributed by atoms with Crippen LogP contribution in [0.25, 0.3) is 0 Å². The molecule has 1 aliphatic carbocycles. The number of nitrogens with one attached hydrogen (secondary N) is 2. The number of nitrogens with zero attached hydrogens (tertiary/aromatic N) is 2. The molecule has 0 aromatic heterocycles. The van der Waals surface area contributed by atoms with E-state index in [1.165, 1.54) is 36.8 Å². The van der Waals surface area contributed by atoms with Crippen LogP contribution in [0.15, 0.2) is 29.3 Å². The first-order chi connectivity index (χ1) is 13.1. The first kappa shape index (κ1) is 23.4. The molecule has 2 aliphatic rings. The van der Waals surface area contributed by atoms with Gasteiger partial charge in [-0.3, -0.25) is 9.89 Å². The van der Waals surface area contributed by atoms with Crippen molar-refractivity contribution < 1.29 is 5.11 Å². The summed E-state index contributed by atoms with van der Waals surface area (Å²) in [7, 11) is 1.84. The lowest BCUT2D eigenvalue weighted by Gasteiger charge is -2.41. The van der Waals surface area contributed by atoms with Gasteiger partial charge in [0.25, 0.3) is 0 Å². The van der Waals surface area contributed by atoms with Crippen molar-refractivity contribution in [2.45, 2.75) is 64.6 Å². The number of likely N-dealkylation sites (tertiary alicyclic amines) is 1. The molecule has 1 saturated heterocycles. The number of aliphatic imine (C=N–C) groups is 1. The lowest BCUT2D eigenvalue weighted by molar-refractivity contribution is 0.0792. The summed E-state index contributed by atoms with van der Waals surface area (Å²) in [4.78, 5) is 6.79. The zero-order valence-electron chi connectivity index (χ0n) is 17.4. The van der Waals surface area contributed by atoms with E-state index in [0.717, 1.165) is 51.5 Å². The zero-order valence-corrected chi connectivity index (χ0v) is 19.7. The van der Waals surface area contributed by atoms with Crippen molar-refractivity contribution in [2.24, 2.45) is 10.4 Å². The van der Waals surface area contributed by atoms with Crippen LogP contribution in [0.1, 0.15) is 56.6 Å². The van der Waals surface area contributed by atoms with Gasteiger partial charge in [-0.2, -0.15) is 0 Å². The zero-order chi connectivity index (χ0) is 19.1. The van der Waals surface area contributed by atoms with E-state index in [4.69, 9.17) is 0 Å². The highest BCUT2D eigenvalue weighted by Gasteiger charge is 2.34. The molecule has 1 aromatic carbocycles. The van der Waals surface area contributed by atoms with Crippen LogP contribution in [0.5, 0.6) is 0 Å². The van der Waals surface area contributed by atoms with E-state index in [2.05, 4.69) is 51.7 Å². The van der Waals surface area contributed by atoms with Crippen molar-refractivity contribution in [2.75, 3.05) is 26.7 Å².